The van der Waals surface area contributed by atoms with Crippen LogP contribution in [0.2, 0.25) is 0 Å². The molecule has 0 aromatic carbocycles. The second-order valence-electron chi connectivity index (χ2n) is 0.888. The van der Waals surface area contributed by atoms with Crippen LogP contribution >= 0.6 is 0 Å². The van der Waals surface area contributed by atoms with Gasteiger partial charge in [-0.05, 0) is 0 Å². The number of carbonyl (C=O) groups is 1. The highest BCUT2D eigenvalue weighted by atomic mass is 16.4. The molecule has 0 aliphatic heterocycles. The molecule has 0 heterocycles. The number of carboxylic acids is 1. The van der Waals surface area contributed by atoms with Crippen LogP contribution in [-0.4, -0.2) is 17.0 Å². The highest BCUT2D eigenvalue weighted by molar-refractivity contribution is 5.80. The summed E-state index contributed by atoms with van der Waals surface area (Å²) in [5.41, 5.74) is 6.07. The molecule has 0 rings (SSSR count). The molecule has 4 nitrogen and oxygen atoms in total. The molecule has 0 unspecified atom stereocenters. The molecule has 0 aliphatic rings. The summed E-state index contributed by atoms with van der Waals surface area (Å²) < 4.78 is 0. The minimum atomic E-state index is -1.21. The van der Waals surface area contributed by atoms with Gasteiger partial charge in [0.05, 0.1) is 17.9 Å². The van der Waals surface area contributed by atoms with E-state index < -0.39 is 5.97 Å². The molecule has 0 aromatic rings. The maximum atomic E-state index is 9.47. The lowest BCUT2D eigenvalue weighted by Crippen LogP contribution is -2.22. The van der Waals surface area contributed by atoms with Crippen molar-refractivity contribution < 1.29 is 14.7 Å². The van der Waals surface area contributed by atoms with Gasteiger partial charge in [0.25, 0.3) is 0 Å². The minimum absolute atomic E-state index is 0.274. The number of rotatable bonds is 2. The Morgan fingerprint density at radius 3 is 2.71 bits per heavy atom. The monoisotopic (exact) mass is 100 g/mol. The standard InChI is InChI=1S/C3H4N2O2/c4-5-2-1-3(6)7/h2,4H,1H2. The summed E-state index contributed by atoms with van der Waals surface area (Å²) in [7, 11) is 0. The van der Waals surface area contributed by atoms with Crippen molar-refractivity contribution in [3.8, 4) is 0 Å². The van der Waals surface area contributed by atoms with Crippen molar-refractivity contribution in [2.75, 3.05) is 0 Å². The van der Waals surface area contributed by atoms with Crippen LogP contribution in [0.25, 0.3) is 0 Å². The zero-order chi connectivity index (χ0) is 5.70. The van der Waals surface area contributed by atoms with E-state index in [1.54, 1.807) is 0 Å². The number of nitrogens with one attached hydrogen (secondary N) is 1. The number of hydrogen-bond donors (Lipinski definition) is 1. The summed E-state index contributed by atoms with van der Waals surface area (Å²) in [5, 5.41) is 9.47. The normalized spacial score (nSPS) is 6.86. The second-order valence-corrected chi connectivity index (χ2v) is 0.888. The third-order valence-corrected chi connectivity index (χ3v) is 0.349. The Morgan fingerprint density at radius 2 is 2.57 bits per heavy atom. The predicted octanol–water partition coefficient (Wildman–Crippen LogP) is -1.56. The molecule has 0 bridgehead atoms. The molecule has 0 atom stereocenters. The first kappa shape index (κ1) is 5.85. The van der Waals surface area contributed by atoms with Gasteiger partial charge in [0.2, 0.25) is 0 Å². The quantitative estimate of drug-likeness (QED) is 0.258. The smallest absolute Gasteiger partial charge is 0.312 e. The summed E-state index contributed by atoms with van der Waals surface area (Å²) >= 11 is 0. The van der Waals surface area contributed by atoms with Crippen molar-refractivity contribution in [1.82, 2.24) is 0 Å². The Balaban J connectivity index is 3.32. The second kappa shape index (κ2) is 3.06. The summed E-state index contributed by atoms with van der Waals surface area (Å²) in [6, 6.07) is 0. The third kappa shape index (κ3) is 4.85. The summed E-state index contributed by atoms with van der Waals surface area (Å²) in [5.74, 6) is -1.21. The molecule has 0 amide bonds. The fourth-order valence-electron chi connectivity index (χ4n) is 0.120. The molecule has 1 N–H and O–H groups in total. The lowest BCUT2D eigenvalue weighted by atomic mass is 10.5. The Hall–Kier alpha value is -1.15. The van der Waals surface area contributed by atoms with Crippen molar-refractivity contribution in [2.24, 2.45) is 0 Å². The Bertz CT molecular complexity index is 114. The van der Waals surface area contributed by atoms with E-state index in [1.807, 2.05) is 0 Å². The van der Waals surface area contributed by atoms with E-state index in [0.29, 0.717) is 0 Å². The van der Waals surface area contributed by atoms with Crippen molar-refractivity contribution in [2.45, 2.75) is 6.42 Å². The summed E-state index contributed by atoms with van der Waals surface area (Å²) in [6.45, 7) is 0. The van der Waals surface area contributed by atoms with Crippen molar-refractivity contribution in [1.29, 1.82) is 5.53 Å². The van der Waals surface area contributed by atoms with Crippen LogP contribution in [-0.2, 0) is 4.79 Å². The number of hydrogen-bond acceptors (Lipinski definition) is 3. The van der Waals surface area contributed by atoms with Gasteiger partial charge in [-0.2, -0.15) is 0 Å². The zero-order valence-electron chi connectivity index (χ0n) is 3.55. The van der Waals surface area contributed by atoms with Crippen LogP contribution in [0.3, 0.4) is 0 Å². The lowest BCUT2D eigenvalue weighted by molar-refractivity contribution is -0.304. The number of carbonyl (C=O) groups excluding carboxylic acids is 1. The number of nitrogens with zero attached hydrogens (tertiary/aromatic N) is 1. The lowest BCUT2D eigenvalue weighted by Gasteiger charge is -1.84. The average molecular weight is 100 g/mol. The fraction of sp³-hybridized carbons (Fsp3) is 0.333. The molecule has 0 radical (unpaired) electrons. The molecule has 0 saturated heterocycles. The highest BCUT2D eigenvalue weighted by Crippen LogP contribution is 1.59. The van der Waals surface area contributed by atoms with Gasteiger partial charge >= 0.3 is 6.21 Å². The summed E-state index contributed by atoms with van der Waals surface area (Å²) in [4.78, 5) is 12.2. The first-order chi connectivity index (χ1) is 3.27. The van der Waals surface area contributed by atoms with Crippen molar-refractivity contribution in [3.63, 3.8) is 0 Å². The fourth-order valence-corrected chi connectivity index (χ4v) is 0.120. The van der Waals surface area contributed by atoms with Crippen LogP contribution in [0.1, 0.15) is 6.42 Å². The van der Waals surface area contributed by atoms with Gasteiger partial charge in [-0.3, -0.25) is 0 Å². The number of aliphatic carboxylic acids is 1. The van der Waals surface area contributed by atoms with Gasteiger partial charge in [-0.1, -0.05) is 0 Å². The van der Waals surface area contributed by atoms with Gasteiger partial charge in [0, 0.05) is 4.79 Å². The Kier molecular flexibility index (Phi) is 2.55. The van der Waals surface area contributed by atoms with Crippen molar-refractivity contribution >= 4 is 12.2 Å². The van der Waals surface area contributed by atoms with E-state index in [9.17, 15) is 9.90 Å². The molecular formula is C3H4N2O2. The Morgan fingerprint density at radius 1 is 2.00 bits per heavy atom. The van der Waals surface area contributed by atoms with E-state index >= 15 is 0 Å². The van der Waals surface area contributed by atoms with Crippen LogP contribution in [0.5, 0.6) is 0 Å². The van der Waals surface area contributed by atoms with E-state index in [4.69, 9.17) is 5.53 Å². The van der Waals surface area contributed by atoms with Crippen molar-refractivity contribution in [3.05, 3.63) is 0 Å². The van der Waals surface area contributed by atoms with Crippen LogP contribution < -0.4 is 5.11 Å². The van der Waals surface area contributed by atoms with E-state index in [2.05, 4.69) is 4.79 Å². The third-order valence-electron chi connectivity index (χ3n) is 0.349. The molecule has 0 spiro atoms. The SMILES string of the molecule is N=[N+]=CCC(=O)[O-]. The van der Waals surface area contributed by atoms with Gasteiger partial charge < -0.3 is 9.90 Å². The molecule has 0 fully saturated rings. The zero-order valence-corrected chi connectivity index (χ0v) is 3.55. The topological polar surface area (TPSA) is 78.1 Å². The molecule has 4 heteroatoms. The van der Waals surface area contributed by atoms with E-state index in [1.165, 1.54) is 0 Å². The molecule has 38 valence electrons. The average Bonchev–Trinajstić information content (AvgIpc) is 1.61. The predicted molar refractivity (Wildman–Crippen MR) is 18.7 cm³/mol. The maximum absolute atomic E-state index is 9.47. The van der Waals surface area contributed by atoms with Crippen LogP contribution in [0.4, 0.5) is 0 Å². The van der Waals surface area contributed by atoms with Crippen LogP contribution in [0, 0.1) is 5.53 Å². The van der Waals surface area contributed by atoms with E-state index in [-0.39, 0.29) is 6.42 Å². The molecule has 7 heavy (non-hydrogen) atoms. The number of carboxylic acid groups (broad SMARTS) is 1. The maximum Gasteiger partial charge on any atom is 0.312 e. The Labute approximate surface area is 40.0 Å². The molecular weight excluding hydrogens is 96.0 g/mol. The van der Waals surface area contributed by atoms with Gasteiger partial charge in [-0.15, -0.1) is 0 Å². The first-order valence-corrected chi connectivity index (χ1v) is 1.65. The van der Waals surface area contributed by atoms with Gasteiger partial charge in [0.15, 0.2) is 0 Å². The molecule has 0 aliphatic carbocycles. The molecule has 0 saturated carbocycles. The highest BCUT2D eigenvalue weighted by Gasteiger charge is 1.82. The summed E-state index contributed by atoms with van der Waals surface area (Å²) in [6.07, 6.45) is 0.679. The largest absolute Gasteiger partial charge is 0.550 e. The van der Waals surface area contributed by atoms with Gasteiger partial charge in [0.1, 0.15) is 0 Å². The van der Waals surface area contributed by atoms with Gasteiger partial charge in [-0.25, -0.2) is 0 Å². The van der Waals surface area contributed by atoms with Crippen LogP contribution in [0.15, 0.2) is 0 Å². The molecule has 0 aromatic heterocycles. The van der Waals surface area contributed by atoms with E-state index in [0.717, 1.165) is 6.21 Å². The minimum Gasteiger partial charge on any atom is -0.550 e. The first-order valence-electron chi connectivity index (χ1n) is 1.65.